The second-order valence-corrected chi connectivity index (χ2v) is 3.74. The first kappa shape index (κ1) is 13.2. The first-order chi connectivity index (χ1) is 7.25. The second-order valence-electron chi connectivity index (χ2n) is 3.74. The second kappa shape index (κ2) is 4.56. The molecule has 0 saturated carbocycles. The summed E-state index contributed by atoms with van der Waals surface area (Å²) in [5.41, 5.74) is 4.21. The molecule has 16 heavy (non-hydrogen) atoms. The van der Waals surface area contributed by atoms with E-state index in [4.69, 9.17) is 10.5 Å². The molecule has 0 spiro atoms. The van der Waals surface area contributed by atoms with E-state index < -0.39 is 17.6 Å². The van der Waals surface area contributed by atoms with Gasteiger partial charge in [-0.15, -0.1) is 0 Å². The fourth-order valence-corrected chi connectivity index (χ4v) is 1.06. The molecule has 1 fully saturated rings. The van der Waals surface area contributed by atoms with Gasteiger partial charge in [-0.1, -0.05) is 0 Å². The molecular weight excluding hydrogens is 227 g/mol. The van der Waals surface area contributed by atoms with Gasteiger partial charge in [0.25, 0.3) is 5.91 Å². The summed E-state index contributed by atoms with van der Waals surface area (Å²) in [6.07, 6.45) is -4.77. The van der Waals surface area contributed by atoms with Crippen LogP contribution in [-0.2, 0) is 9.53 Å². The average molecular weight is 241 g/mol. The lowest BCUT2D eigenvalue weighted by atomic mass is 10.0. The van der Waals surface area contributed by atoms with E-state index in [1.807, 2.05) is 0 Å². The Labute approximate surface area is 90.7 Å². The number of hydrogen-bond donors (Lipinski definition) is 2. The Morgan fingerprint density at radius 3 is 2.31 bits per heavy atom. The zero-order chi connectivity index (χ0) is 12.4. The van der Waals surface area contributed by atoms with Crippen molar-refractivity contribution in [2.24, 2.45) is 5.73 Å². The molecule has 0 bridgehead atoms. The molecule has 0 aromatic carbocycles. The number of amides is 1. The van der Waals surface area contributed by atoms with Gasteiger partial charge in [-0.05, 0) is 6.92 Å². The molecule has 1 saturated heterocycles. The Hall–Kier alpha value is -0.860. The van der Waals surface area contributed by atoms with Gasteiger partial charge in [0, 0.05) is 13.1 Å². The Morgan fingerprint density at radius 1 is 1.38 bits per heavy atom. The van der Waals surface area contributed by atoms with Crippen molar-refractivity contribution >= 4 is 5.91 Å². The fraction of sp³-hybridized carbons (Fsp3) is 0.875. The van der Waals surface area contributed by atoms with Crippen LogP contribution in [-0.4, -0.2) is 48.9 Å². The number of rotatable bonds is 2. The molecule has 3 N–H and O–H groups in total. The summed E-state index contributed by atoms with van der Waals surface area (Å²) in [4.78, 5) is 11.3. The molecule has 94 valence electrons. The van der Waals surface area contributed by atoms with E-state index in [2.05, 4.69) is 5.43 Å². The highest BCUT2D eigenvalue weighted by Crippen LogP contribution is 2.27. The number of carbonyl (C=O) groups is 1. The van der Waals surface area contributed by atoms with Crippen molar-refractivity contribution in [3.8, 4) is 0 Å². The first-order valence-electron chi connectivity index (χ1n) is 4.74. The van der Waals surface area contributed by atoms with Gasteiger partial charge in [0.1, 0.15) is 0 Å². The highest BCUT2D eigenvalue weighted by atomic mass is 19.4. The predicted octanol–water partition coefficient (Wildman–Crippen LogP) is -0.371. The van der Waals surface area contributed by atoms with Gasteiger partial charge in [-0.25, -0.2) is 5.01 Å². The number of carbonyl (C=O) groups excluding carboxylic acids is 1. The van der Waals surface area contributed by atoms with Crippen LogP contribution in [0.5, 0.6) is 0 Å². The van der Waals surface area contributed by atoms with E-state index in [9.17, 15) is 18.0 Å². The summed E-state index contributed by atoms with van der Waals surface area (Å²) < 4.78 is 42.2. The molecule has 1 unspecified atom stereocenters. The number of halogens is 3. The maximum absolute atomic E-state index is 12.4. The van der Waals surface area contributed by atoms with Gasteiger partial charge in [-0.3, -0.25) is 10.2 Å². The number of nitrogens with zero attached hydrogens (tertiary/aromatic N) is 1. The molecule has 1 rings (SSSR count). The SMILES string of the molecule is CC(N)(C(=O)NN1CCOCC1)C(F)(F)F. The van der Waals surface area contributed by atoms with Crippen LogP contribution in [0.2, 0.25) is 0 Å². The molecule has 1 aliphatic heterocycles. The van der Waals surface area contributed by atoms with Crippen molar-refractivity contribution in [1.29, 1.82) is 0 Å². The zero-order valence-electron chi connectivity index (χ0n) is 8.80. The Bertz CT molecular complexity index is 262. The standard InChI is InChI=1S/C8H14F3N3O2/c1-7(12,8(9,10)11)6(15)13-14-2-4-16-5-3-14/h2-5,12H2,1H3,(H,13,15). The Morgan fingerprint density at radius 2 is 1.88 bits per heavy atom. The molecule has 1 amide bonds. The van der Waals surface area contributed by atoms with E-state index in [1.165, 1.54) is 5.01 Å². The van der Waals surface area contributed by atoms with Gasteiger partial charge in [0.15, 0.2) is 5.54 Å². The molecule has 1 heterocycles. The number of nitrogens with one attached hydrogen (secondary N) is 1. The third-order valence-electron chi connectivity index (χ3n) is 2.33. The number of ether oxygens (including phenoxy) is 1. The molecule has 0 aliphatic carbocycles. The van der Waals surface area contributed by atoms with Crippen LogP contribution in [0, 0.1) is 0 Å². The van der Waals surface area contributed by atoms with Crippen molar-refractivity contribution in [3.05, 3.63) is 0 Å². The van der Waals surface area contributed by atoms with Crippen LogP contribution >= 0.6 is 0 Å². The van der Waals surface area contributed by atoms with E-state index in [0.29, 0.717) is 33.2 Å². The highest BCUT2D eigenvalue weighted by Gasteiger charge is 2.54. The maximum Gasteiger partial charge on any atom is 0.415 e. The maximum atomic E-state index is 12.4. The highest BCUT2D eigenvalue weighted by molar-refractivity contribution is 5.86. The van der Waals surface area contributed by atoms with Gasteiger partial charge >= 0.3 is 6.18 Å². The van der Waals surface area contributed by atoms with Gasteiger partial charge in [-0.2, -0.15) is 13.2 Å². The summed E-state index contributed by atoms with van der Waals surface area (Å²) in [7, 11) is 0. The summed E-state index contributed by atoms with van der Waals surface area (Å²) in [6, 6.07) is 0. The lowest BCUT2D eigenvalue weighted by Crippen LogP contribution is -2.64. The largest absolute Gasteiger partial charge is 0.415 e. The van der Waals surface area contributed by atoms with Crippen molar-refractivity contribution in [3.63, 3.8) is 0 Å². The number of nitrogens with two attached hydrogens (primary N) is 1. The molecular formula is C8H14F3N3O2. The van der Waals surface area contributed by atoms with E-state index >= 15 is 0 Å². The van der Waals surface area contributed by atoms with Crippen molar-refractivity contribution in [2.45, 2.75) is 18.6 Å². The summed E-state index contributed by atoms with van der Waals surface area (Å²) in [6.45, 7) is 2.07. The summed E-state index contributed by atoms with van der Waals surface area (Å²) in [5, 5.41) is 1.36. The quantitative estimate of drug-likeness (QED) is 0.692. The van der Waals surface area contributed by atoms with E-state index in [0.717, 1.165) is 0 Å². The van der Waals surface area contributed by atoms with E-state index in [1.54, 1.807) is 0 Å². The number of hydrogen-bond acceptors (Lipinski definition) is 4. The minimum Gasteiger partial charge on any atom is -0.379 e. The normalized spacial score (nSPS) is 22.6. The average Bonchev–Trinajstić information content (AvgIpc) is 2.17. The van der Waals surface area contributed by atoms with Crippen LogP contribution in [0.4, 0.5) is 13.2 Å². The van der Waals surface area contributed by atoms with Crippen LogP contribution in [0.1, 0.15) is 6.92 Å². The molecule has 1 atom stereocenters. The van der Waals surface area contributed by atoms with Gasteiger partial charge in [0.05, 0.1) is 13.2 Å². The molecule has 0 aromatic rings. The fourth-order valence-electron chi connectivity index (χ4n) is 1.06. The zero-order valence-corrected chi connectivity index (χ0v) is 8.80. The summed E-state index contributed by atoms with van der Waals surface area (Å²) in [5.74, 6) is -1.26. The van der Waals surface area contributed by atoms with Gasteiger partial charge in [0.2, 0.25) is 0 Å². The van der Waals surface area contributed by atoms with Crippen molar-refractivity contribution < 1.29 is 22.7 Å². The van der Waals surface area contributed by atoms with E-state index in [-0.39, 0.29) is 0 Å². The van der Waals surface area contributed by atoms with Crippen molar-refractivity contribution in [1.82, 2.24) is 10.4 Å². The smallest absolute Gasteiger partial charge is 0.379 e. The van der Waals surface area contributed by atoms with Crippen LogP contribution in [0.25, 0.3) is 0 Å². The molecule has 0 aromatic heterocycles. The topological polar surface area (TPSA) is 67.6 Å². The monoisotopic (exact) mass is 241 g/mol. The number of alkyl halides is 3. The third-order valence-corrected chi connectivity index (χ3v) is 2.33. The minimum absolute atomic E-state index is 0.347. The Kier molecular flexibility index (Phi) is 3.76. The lowest BCUT2D eigenvalue weighted by molar-refractivity contribution is -0.190. The third kappa shape index (κ3) is 2.83. The molecule has 1 aliphatic rings. The molecule has 8 heteroatoms. The van der Waals surface area contributed by atoms with Crippen LogP contribution < -0.4 is 11.2 Å². The minimum atomic E-state index is -4.77. The molecule has 0 radical (unpaired) electrons. The Balaban J connectivity index is 2.57. The summed E-state index contributed by atoms with van der Waals surface area (Å²) >= 11 is 0. The van der Waals surface area contributed by atoms with Crippen molar-refractivity contribution in [2.75, 3.05) is 26.3 Å². The van der Waals surface area contributed by atoms with Crippen LogP contribution in [0.3, 0.4) is 0 Å². The lowest BCUT2D eigenvalue weighted by Gasteiger charge is -2.32. The van der Waals surface area contributed by atoms with Gasteiger partial charge < -0.3 is 10.5 Å². The molecule has 5 nitrogen and oxygen atoms in total. The predicted molar refractivity (Wildman–Crippen MR) is 49.2 cm³/mol. The first-order valence-corrected chi connectivity index (χ1v) is 4.74. The van der Waals surface area contributed by atoms with Crippen LogP contribution in [0.15, 0.2) is 0 Å². The number of morpholine rings is 1. The number of hydrazine groups is 1.